The molecule has 7 heteroatoms. The predicted molar refractivity (Wildman–Crippen MR) is 91.3 cm³/mol. The minimum absolute atomic E-state index is 0.0443. The van der Waals surface area contributed by atoms with Crippen molar-refractivity contribution in [3.8, 4) is 0 Å². The van der Waals surface area contributed by atoms with Crippen molar-refractivity contribution in [2.24, 2.45) is 0 Å². The molecule has 1 aliphatic heterocycles. The number of hydrogen-bond donors (Lipinski definition) is 1. The molecule has 0 unspecified atom stereocenters. The van der Waals surface area contributed by atoms with E-state index >= 15 is 0 Å². The molecular weight excluding hydrogens is 328 g/mol. The van der Waals surface area contributed by atoms with Crippen LogP contribution in [-0.2, 0) is 16.3 Å². The first kappa shape index (κ1) is 16.4. The third kappa shape index (κ3) is 2.65. The lowest BCUT2D eigenvalue weighted by Gasteiger charge is -2.19. The second kappa shape index (κ2) is 5.90. The Kier molecular flexibility index (Phi) is 4.04. The number of benzene rings is 1. The van der Waals surface area contributed by atoms with Gasteiger partial charge in [-0.2, -0.15) is 0 Å². The number of para-hydroxylation sites is 1. The molecule has 2 aromatic rings. The molecule has 0 radical (unpaired) electrons. The minimum Gasteiger partial charge on any atom is -0.327 e. The summed E-state index contributed by atoms with van der Waals surface area (Å²) in [5, 5.41) is 0. The van der Waals surface area contributed by atoms with Gasteiger partial charge in [-0.15, -0.1) is 0 Å². The van der Waals surface area contributed by atoms with Gasteiger partial charge in [-0.3, -0.25) is 9.59 Å². The van der Waals surface area contributed by atoms with E-state index in [1.165, 1.54) is 13.0 Å². The molecule has 0 saturated heterocycles. The number of rotatable bonds is 3. The summed E-state index contributed by atoms with van der Waals surface area (Å²) in [6, 6.07) is 6.98. The standard InChI is InChI=1S/C17H18N2O4S/c1-3-24(22,23)13-9-14(16(20)18-10-13)17(21)19-8-7-12-6-4-5-11(2)15(12)19/h4-6,9-10H,3,7-8H2,1-2H3,(H,18,20). The smallest absolute Gasteiger partial charge is 0.263 e. The molecule has 2 heterocycles. The van der Waals surface area contributed by atoms with E-state index in [4.69, 9.17) is 0 Å². The average molecular weight is 346 g/mol. The maximum atomic E-state index is 12.9. The highest BCUT2D eigenvalue weighted by Gasteiger charge is 2.29. The number of anilines is 1. The lowest BCUT2D eigenvalue weighted by molar-refractivity contribution is 0.0987. The SMILES string of the molecule is CCS(=O)(=O)c1c[nH]c(=O)c(C(=O)N2CCc3cccc(C)c32)c1. The fourth-order valence-electron chi connectivity index (χ4n) is 2.97. The largest absolute Gasteiger partial charge is 0.327 e. The summed E-state index contributed by atoms with van der Waals surface area (Å²) in [6.45, 7) is 3.90. The van der Waals surface area contributed by atoms with Gasteiger partial charge in [0, 0.05) is 12.7 Å². The third-order valence-electron chi connectivity index (χ3n) is 4.29. The van der Waals surface area contributed by atoms with Crippen molar-refractivity contribution in [1.29, 1.82) is 0 Å². The molecule has 0 saturated carbocycles. The first-order valence-electron chi connectivity index (χ1n) is 7.71. The number of hydrogen-bond acceptors (Lipinski definition) is 4. The number of fused-ring (bicyclic) bond motifs is 1. The quantitative estimate of drug-likeness (QED) is 0.916. The molecule has 0 bridgehead atoms. The van der Waals surface area contributed by atoms with Crippen LogP contribution in [0.4, 0.5) is 5.69 Å². The zero-order chi connectivity index (χ0) is 17.5. The van der Waals surface area contributed by atoms with Crippen LogP contribution in [0.25, 0.3) is 0 Å². The Hall–Kier alpha value is -2.41. The van der Waals surface area contributed by atoms with Crippen molar-refractivity contribution in [3.05, 3.63) is 57.5 Å². The molecule has 126 valence electrons. The first-order valence-corrected chi connectivity index (χ1v) is 9.36. The van der Waals surface area contributed by atoms with E-state index in [-0.39, 0.29) is 16.2 Å². The lowest BCUT2D eigenvalue weighted by Crippen LogP contribution is -2.34. The van der Waals surface area contributed by atoms with Crippen LogP contribution in [0.15, 0.2) is 40.2 Å². The van der Waals surface area contributed by atoms with E-state index in [2.05, 4.69) is 4.98 Å². The van der Waals surface area contributed by atoms with E-state index in [9.17, 15) is 18.0 Å². The Labute approximate surface area is 140 Å². The van der Waals surface area contributed by atoms with Gasteiger partial charge < -0.3 is 9.88 Å². The monoisotopic (exact) mass is 346 g/mol. The predicted octanol–water partition coefficient (Wildman–Crippen LogP) is 1.68. The van der Waals surface area contributed by atoms with E-state index in [0.29, 0.717) is 13.0 Å². The molecule has 6 nitrogen and oxygen atoms in total. The molecule has 1 amide bonds. The van der Waals surface area contributed by atoms with Crippen LogP contribution in [-0.4, -0.2) is 31.6 Å². The molecular formula is C17H18N2O4S. The summed E-state index contributed by atoms with van der Waals surface area (Å²) in [7, 11) is -3.50. The van der Waals surface area contributed by atoms with E-state index in [1.54, 1.807) is 4.90 Å². The molecule has 0 atom stereocenters. The Balaban J connectivity index is 2.07. The Morgan fingerprint density at radius 3 is 2.79 bits per heavy atom. The first-order chi connectivity index (χ1) is 11.3. The maximum absolute atomic E-state index is 12.9. The molecule has 0 fully saturated rings. The number of amides is 1. The summed E-state index contributed by atoms with van der Waals surface area (Å²) >= 11 is 0. The number of aryl methyl sites for hydroxylation is 1. The van der Waals surface area contributed by atoms with Gasteiger partial charge >= 0.3 is 0 Å². The summed E-state index contributed by atoms with van der Waals surface area (Å²) < 4.78 is 24.0. The van der Waals surface area contributed by atoms with Gasteiger partial charge in [0.1, 0.15) is 5.56 Å². The van der Waals surface area contributed by atoms with Crippen molar-refractivity contribution in [2.45, 2.75) is 25.2 Å². The van der Waals surface area contributed by atoms with E-state index < -0.39 is 21.3 Å². The van der Waals surface area contributed by atoms with Gasteiger partial charge in [-0.1, -0.05) is 25.1 Å². The van der Waals surface area contributed by atoms with Crippen LogP contribution in [0, 0.1) is 6.92 Å². The highest BCUT2D eigenvalue weighted by atomic mass is 32.2. The zero-order valence-corrected chi connectivity index (χ0v) is 14.3. The van der Waals surface area contributed by atoms with Gasteiger partial charge in [0.2, 0.25) is 0 Å². The molecule has 1 N–H and O–H groups in total. The molecule has 1 aliphatic rings. The fraction of sp³-hybridized carbons (Fsp3) is 0.294. The van der Waals surface area contributed by atoms with Gasteiger partial charge in [-0.05, 0) is 30.5 Å². The molecule has 1 aromatic heterocycles. The summed E-state index contributed by atoms with van der Waals surface area (Å²) in [5.74, 6) is -0.573. The van der Waals surface area contributed by atoms with E-state index in [0.717, 1.165) is 23.0 Å². The van der Waals surface area contributed by atoms with Crippen molar-refractivity contribution >= 4 is 21.4 Å². The van der Waals surface area contributed by atoms with Crippen LogP contribution in [0.3, 0.4) is 0 Å². The van der Waals surface area contributed by atoms with Gasteiger partial charge in [0.25, 0.3) is 11.5 Å². The maximum Gasteiger partial charge on any atom is 0.263 e. The summed E-state index contributed by atoms with van der Waals surface area (Å²) in [5.41, 5.74) is 2.08. The van der Waals surface area contributed by atoms with E-state index in [1.807, 2.05) is 25.1 Å². The number of aromatic amines is 1. The van der Waals surface area contributed by atoms with Crippen LogP contribution in [0.2, 0.25) is 0 Å². The zero-order valence-electron chi connectivity index (χ0n) is 13.5. The van der Waals surface area contributed by atoms with Crippen LogP contribution < -0.4 is 10.5 Å². The second-order valence-electron chi connectivity index (χ2n) is 5.77. The Bertz CT molecular complexity index is 976. The number of H-pyrrole nitrogens is 1. The number of aromatic nitrogens is 1. The summed E-state index contributed by atoms with van der Waals surface area (Å²) in [4.78, 5) is 28.8. The molecule has 0 aliphatic carbocycles. The number of nitrogens with one attached hydrogen (secondary N) is 1. The van der Waals surface area contributed by atoms with Crippen molar-refractivity contribution < 1.29 is 13.2 Å². The highest BCUT2D eigenvalue weighted by molar-refractivity contribution is 7.91. The fourth-order valence-corrected chi connectivity index (χ4v) is 3.84. The van der Waals surface area contributed by atoms with Crippen molar-refractivity contribution in [3.63, 3.8) is 0 Å². The minimum atomic E-state index is -3.50. The van der Waals surface area contributed by atoms with Crippen LogP contribution in [0.5, 0.6) is 0 Å². The number of carbonyl (C=O) groups is 1. The third-order valence-corrected chi connectivity index (χ3v) is 6.00. The molecule has 3 rings (SSSR count). The topological polar surface area (TPSA) is 87.3 Å². The lowest BCUT2D eigenvalue weighted by atomic mass is 10.1. The Morgan fingerprint density at radius 1 is 1.33 bits per heavy atom. The van der Waals surface area contributed by atoms with Crippen LogP contribution >= 0.6 is 0 Å². The van der Waals surface area contributed by atoms with Gasteiger partial charge in [0.05, 0.1) is 16.3 Å². The molecule has 24 heavy (non-hydrogen) atoms. The second-order valence-corrected chi connectivity index (χ2v) is 8.05. The Morgan fingerprint density at radius 2 is 2.08 bits per heavy atom. The van der Waals surface area contributed by atoms with Gasteiger partial charge in [0.15, 0.2) is 9.84 Å². The number of carbonyl (C=O) groups excluding carboxylic acids is 1. The van der Waals surface area contributed by atoms with Crippen molar-refractivity contribution in [2.75, 3.05) is 17.2 Å². The average Bonchev–Trinajstić information content (AvgIpc) is 3.00. The number of pyridine rings is 1. The van der Waals surface area contributed by atoms with Crippen LogP contribution in [0.1, 0.15) is 28.4 Å². The number of sulfone groups is 1. The summed E-state index contributed by atoms with van der Waals surface area (Å²) in [6.07, 6.45) is 1.86. The van der Waals surface area contributed by atoms with Gasteiger partial charge in [-0.25, -0.2) is 8.42 Å². The molecule has 0 spiro atoms. The van der Waals surface area contributed by atoms with Crippen molar-refractivity contribution in [1.82, 2.24) is 4.98 Å². The normalized spacial score (nSPS) is 13.8. The molecule has 1 aromatic carbocycles. The number of nitrogens with zero attached hydrogens (tertiary/aromatic N) is 1. The highest BCUT2D eigenvalue weighted by Crippen LogP contribution is 2.32.